The Hall–Kier alpha value is -3.10. The smallest absolute Gasteiger partial charge is 0.242 e. The van der Waals surface area contributed by atoms with Crippen molar-refractivity contribution in [3.05, 3.63) is 47.0 Å². The van der Waals surface area contributed by atoms with Crippen molar-refractivity contribution in [3.8, 4) is 18.2 Å². The molecule has 1 aliphatic heterocycles. The Bertz CT molecular complexity index is 654. The molecule has 0 aromatic heterocycles. The highest BCUT2D eigenvalue weighted by Gasteiger charge is 2.40. The lowest BCUT2D eigenvalue weighted by atomic mass is 9.90. The van der Waals surface area contributed by atoms with Gasteiger partial charge in [-0.15, -0.1) is 0 Å². The van der Waals surface area contributed by atoms with Crippen molar-refractivity contribution in [1.82, 2.24) is 5.32 Å². The monoisotopic (exact) mass is 248 g/mol. The molecule has 19 heavy (non-hydrogen) atoms. The SMILES string of the molecule is N#CC(C#N)=C1C(C#N)C(=O)NC1c1ccccc1. The summed E-state index contributed by atoms with van der Waals surface area (Å²) in [5, 5.41) is 29.6. The van der Waals surface area contributed by atoms with Gasteiger partial charge >= 0.3 is 0 Å². The fourth-order valence-electron chi connectivity index (χ4n) is 2.09. The van der Waals surface area contributed by atoms with Gasteiger partial charge < -0.3 is 5.32 Å². The van der Waals surface area contributed by atoms with E-state index in [9.17, 15) is 4.79 Å². The first-order valence-electron chi connectivity index (χ1n) is 5.52. The zero-order valence-corrected chi connectivity index (χ0v) is 9.79. The minimum Gasteiger partial charge on any atom is -0.344 e. The number of nitrogens with zero attached hydrogens (tertiary/aromatic N) is 3. The zero-order chi connectivity index (χ0) is 13.8. The minimum absolute atomic E-state index is 0.182. The molecule has 2 unspecified atom stereocenters. The summed E-state index contributed by atoms with van der Waals surface area (Å²) in [7, 11) is 0. The number of nitrogens with one attached hydrogen (secondary N) is 1. The van der Waals surface area contributed by atoms with E-state index in [-0.39, 0.29) is 11.1 Å². The Morgan fingerprint density at radius 3 is 2.26 bits per heavy atom. The number of carbonyl (C=O) groups excluding carboxylic acids is 1. The van der Waals surface area contributed by atoms with E-state index in [4.69, 9.17) is 15.8 Å². The molecule has 90 valence electrons. The van der Waals surface area contributed by atoms with Gasteiger partial charge in [-0.1, -0.05) is 30.3 Å². The molecule has 1 N–H and O–H groups in total. The molecule has 0 aliphatic carbocycles. The van der Waals surface area contributed by atoms with Crippen LogP contribution in [-0.2, 0) is 4.79 Å². The summed E-state index contributed by atoms with van der Waals surface area (Å²) in [6, 6.07) is 13.7. The van der Waals surface area contributed by atoms with Gasteiger partial charge in [-0.3, -0.25) is 4.79 Å². The number of hydrogen-bond donors (Lipinski definition) is 1. The van der Waals surface area contributed by atoms with Crippen LogP contribution in [0.15, 0.2) is 41.5 Å². The van der Waals surface area contributed by atoms with E-state index < -0.39 is 17.9 Å². The van der Waals surface area contributed by atoms with E-state index in [0.717, 1.165) is 5.56 Å². The van der Waals surface area contributed by atoms with Crippen molar-refractivity contribution < 1.29 is 4.79 Å². The Kier molecular flexibility index (Phi) is 3.28. The number of amides is 1. The van der Waals surface area contributed by atoms with E-state index in [1.54, 1.807) is 36.4 Å². The van der Waals surface area contributed by atoms with Gasteiger partial charge in [-0.05, 0) is 5.56 Å². The van der Waals surface area contributed by atoms with Gasteiger partial charge in [0.15, 0.2) is 5.92 Å². The van der Waals surface area contributed by atoms with E-state index in [2.05, 4.69) is 5.32 Å². The fraction of sp³-hybridized carbons (Fsp3) is 0.143. The Labute approximate surface area is 110 Å². The molecular formula is C14H8N4O. The second-order valence-electron chi connectivity index (χ2n) is 3.97. The maximum absolute atomic E-state index is 11.7. The van der Waals surface area contributed by atoms with Crippen LogP contribution in [0.3, 0.4) is 0 Å². The lowest BCUT2D eigenvalue weighted by Crippen LogP contribution is -2.20. The fourth-order valence-corrected chi connectivity index (χ4v) is 2.09. The molecule has 1 aromatic carbocycles. The third kappa shape index (κ3) is 2.04. The van der Waals surface area contributed by atoms with Crippen LogP contribution in [0.5, 0.6) is 0 Å². The predicted octanol–water partition coefficient (Wildman–Crippen LogP) is 1.34. The Morgan fingerprint density at radius 2 is 1.74 bits per heavy atom. The molecule has 2 atom stereocenters. The maximum Gasteiger partial charge on any atom is 0.242 e. The second-order valence-corrected chi connectivity index (χ2v) is 3.97. The van der Waals surface area contributed by atoms with Crippen LogP contribution in [0, 0.1) is 39.9 Å². The molecule has 2 rings (SSSR count). The molecule has 5 heteroatoms. The largest absolute Gasteiger partial charge is 0.344 e. The molecule has 0 radical (unpaired) electrons. The standard InChI is InChI=1S/C14H8N4O/c15-6-10(7-16)12-11(8-17)14(19)18-13(12)9-4-2-1-3-5-9/h1-5,11,13H,(H,18,19). The first kappa shape index (κ1) is 12.4. The molecule has 5 nitrogen and oxygen atoms in total. The van der Waals surface area contributed by atoms with E-state index in [1.165, 1.54) is 0 Å². The zero-order valence-electron chi connectivity index (χ0n) is 9.79. The first-order chi connectivity index (χ1) is 9.22. The number of hydrogen-bond acceptors (Lipinski definition) is 4. The highest BCUT2D eigenvalue weighted by atomic mass is 16.2. The van der Waals surface area contributed by atoms with Gasteiger partial charge in [-0.2, -0.15) is 15.8 Å². The van der Waals surface area contributed by atoms with Crippen LogP contribution in [0.2, 0.25) is 0 Å². The number of allylic oxidation sites excluding steroid dienone is 1. The highest BCUT2D eigenvalue weighted by Crippen LogP contribution is 2.35. The molecule has 1 fully saturated rings. The lowest BCUT2D eigenvalue weighted by molar-refractivity contribution is -0.121. The van der Waals surface area contributed by atoms with Crippen LogP contribution < -0.4 is 5.32 Å². The van der Waals surface area contributed by atoms with Crippen molar-refractivity contribution >= 4 is 5.91 Å². The Morgan fingerprint density at radius 1 is 1.11 bits per heavy atom. The van der Waals surface area contributed by atoms with Crippen molar-refractivity contribution in [1.29, 1.82) is 15.8 Å². The number of rotatable bonds is 1. The van der Waals surface area contributed by atoms with Crippen molar-refractivity contribution in [2.45, 2.75) is 6.04 Å². The summed E-state index contributed by atoms with van der Waals surface area (Å²) in [6.45, 7) is 0. The predicted molar refractivity (Wildman–Crippen MR) is 64.7 cm³/mol. The third-order valence-electron chi connectivity index (χ3n) is 2.95. The minimum atomic E-state index is -1.08. The lowest BCUT2D eigenvalue weighted by Gasteiger charge is -2.12. The van der Waals surface area contributed by atoms with E-state index in [0.29, 0.717) is 0 Å². The third-order valence-corrected chi connectivity index (χ3v) is 2.95. The van der Waals surface area contributed by atoms with Gasteiger partial charge in [-0.25, -0.2) is 0 Å². The molecule has 1 heterocycles. The second kappa shape index (κ2) is 5.04. The molecular weight excluding hydrogens is 240 g/mol. The summed E-state index contributed by atoms with van der Waals surface area (Å²) < 4.78 is 0. The normalized spacial score (nSPS) is 20.9. The van der Waals surface area contributed by atoms with Gasteiger partial charge in [0.1, 0.15) is 17.7 Å². The van der Waals surface area contributed by atoms with Crippen LogP contribution in [0.25, 0.3) is 0 Å². The molecule has 1 aromatic rings. The average Bonchev–Trinajstić information content (AvgIpc) is 2.78. The van der Waals surface area contributed by atoms with Gasteiger partial charge in [0.2, 0.25) is 5.91 Å². The molecule has 0 spiro atoms. The van der Waals surface area contributed by atoms with E-state index in [1.807, 2.05) is 12.1 Å². The maximum atomic E-state index is 11.7. The molecule has 1 amide bonds. The highest BCUT2D eigenvalue weighted by molar-refractivity contribution is 5.90. The summed E-state index contributed by atoms with van der Waals surface area (Å²) in [6.07, 6.45) is 0. The van der Waals surface area contributed by atoms with Crippen molar-refractivity contribution in [2.24, 2.45) is 5.92 Å². The topological polar surface area (TPSA) is 100 Å². The van der Waals surface area contributed by atoms with Crippen LogP contribution in [0.4, 0.5) is 0 Å². The number of nitriles is 3. The number of benzene rings is 1. The average molecular weight is 248 g/mol. The molecule has 0 saturated carbocycles. The summed E-state index contributed by atoms with van der Waals surface area (Å²) in [4.78, 5) is 11.7. The molecule has 0 bridgehead atoms. The summed E-state index contributed by atoms with van der Waals surface area (Å²) in [5.74, 6) is -1.56. The van der Waals surface area contributed by atoms with Crippen molar-refractivity contribution in [3.63, 3.8) is 0 Å². The van der Waals surface area contributed by atoms with E-state index >= 15 is 0 Å². The van der Waals surface area contributed by atoms with Crippen LogP contribution in [-0.4, -0.2) is 5.91 Å². The Balaban J connectivity index is 2.61. The quantitative estimate of drug-likeness (QED) is 0.758. The molecule has 1 aliphatic rings. The van der Waals surface area contributed by atoms with Gasteiger partial charge in [0.25, 0.3) is 0 Å². The van der Waals surface area contributed by atoms with Crippen molar-refractivity contribution in [2.75, 3.05) is 0 Å². The first-order valence-corrected chi connectivity index (χ1v) is 5.52. The van der Waals surface area contributed by atoms with Gasteiger partial charge in [0, 0.05) is 5.57 Å². The molecule has 1 saturated heterocycles. The summed E-state index contributed by atoms with van der Waals surface area (Å²) in [5.41, 5.74) is 0.800. The summed E-state index contributed by atoms with van der Waals surface area (Å²) >= 11 is 0. The number of carbonyl (C=O) groups is 1. The van der Waals surface area contributed by atoms with Crippen LogP contribution >= 0.6 is 0 Å². The van der Waals surface area contributed by atoms with Gasteiger partial charge in [0.05, 0.1) is 12.1 Å². The van der Waals surface area contributed by atoms with Crippen LogP contribution in [0.1, 0.15) is 11.6 Å².